The van der Waals surface area contributed by atoms with Gasteiger partial charge in [-0.05, 0) is 43.5 Å². The Hall–Kier alpha value is -2.69. The largest absolute Gasteiger partial charge is 0.305 e. The molecule has 0 fully saturated rings. The lowest BCUT2D eigenvalue weighted by Crippen LogP contribution is -2.17. The summed E-state index contributed by atoms with van der Waals surface area (Å²) in [5.74, 6) is 0.353. The molecule has 3 aromatic heterocycles. The fraction of sp³-hybridized carbons (Fsp3) is 0.235. The van der Waals surface area contributed by atoms with Crippen molar-refractivity contribution >= 4 is 17.4 Å². The zero-order valence-electron chi connectivity index (χ0n) is 12.9. The molecule has 3 aromatic rings. The topological polar surface area (TPSA) is 59.3 Å². The highest BCUT2D eigenvalue weighted by atomic mass is 16.2. The predicted molar refractivity (Wildman–Crippen MR) is 86.2 cm³/mol. The van der Waals surface area contributed by atoms with Crippen LogP contribution in [0.15, 0.2) is 36.7 Å². The minimum atomic E-state index is -0.189. The summed E-state index contributed by atoms with van der Waals surface area (Å²) >= 11 is 0. The first-order valence-corrected chi connectivity index (χ1v) is 7.30. The van der Waals surface area contributed by atoms with Crippen LogP contribution >= 0.6 is 0 Å². The molecule has 22 heavy (non-hydrogen) atoms. The van der Waals surface area contributed by atoms with E-state index < -0.39 is 0 Å². The molecule has 0 saturated carbocycles. The molecule has 0 aromatic carbocycles. The SMILES string of the molecule is CCc1nc2c(C)cccn2c1C(=O)Nc1ccc(C)cn1. The van der Waals surface area contributed by atoms with Gasteiger partial charge in [0, 0.05) is 12.4 Å². The van der Waals surface area contributed by atoms with Crippen molar-refractivity contribution in [3.8, 4) is 0 Å². The molecule has 0 aliphatic carbocycles. The summed E-state index contributed by atoms with van der Waals surface area (Å²) in [6.07, 6.45) is 4.30. The molecule has 1 N–H and O–H groups in total. The van der Waals surface area contributed by atoms with E-state index in [2.05, 4.69) is 15.3 Å². The Bertz CT molecular complexity index is 834. The third kappa shape index (κ3) is 2.45. The van der Waals surface area contributed by atoms with Gasteiger partial charge in [0.1, 0.15) is 17.2 Å². The Labute approximate surface area is 129 Å². The van der Waals surface area contributed by atoms with Crippen molar-refractivity contribution in [1.82, 2.24) is 14.4 Å². The molecule has 0 saturated heterocycles. The summed E-state index contributed by atoms with van der Waals surface area (Å²) in [6.45, 7) is 5.95. The number of carbonyl (C=O) groups is 1. The van der Waals surface area contributed by atoms with Gasteiger partial charge < -0.3 is 5.32 Å². The number of hydrogen-bond donors (Lipinski definition) is 1. The molecule has 0 bridgehead atoms. The number of carbonyl (C=O) groups excluding carboxylic acids is 1. The maximum atomic E-state index is 12.7. The molecular weight excluding hydrogens is 276 g/mol. The van der Waals surface area contributed by atoms with Gasteiger partial charge in [-0.2, -0.15) is 0 Å². The highest BCUT2D eigenvalue weighted by Gasteiger charge is 2.19. The number of anilines is 1. The van der Waals surface area contributed by atoms with Crippen molar-refractivity contribution in [3.63, 3.8) is 0 Å². The van der Waals surface area contributed by atoms with E-state index in [1.54, 1.807) is 12.3 Å². The molecule has 1 amide bonds. The van der Waals surface area contributed by atoms with E-state index in [-0.39, 0.29) is 5.91 Å². The number of nitrogens with one attached hydrogen (secondary N) is 1. The highest BCUT2D eigenvalue weighted by molar-refractivity contribution is 6.04. The molecule has 3 heterocycles. The number of aromatic nitrogens is 3. The molecular formula is C17H18N4O. The van der Waals surface area contributed by atoms with E-state index in [0.29, 0.717) is 17.9 Å². The van der Waals surface area contributed by atoms with Gasteiger partial charge >= 0.3 is 0 Å². The molecule has 112 valence electrons. The van der Waals surface area contributed by atoms with Crippen LogP contribution in [0.2, 0.25) is 0 Å². The minimum absolute atomic E-state index is 0.189. The molecule has 0 unspecified atom stereocenters. The molecule has 0 aliphatic heterocycles. The number of amides is 1. The van der Waals surface area contributed by atoms with Gasteiger partial charge in [-0.3, -0.25) is 9.20 Å². The summed E-state index contributed by atoms with van der Waals surface area (Å²) < 4.78 is 1.84. The summed E-state index contributed by atoms with van der Waals surface area (Å²) in [7, 11) is 0. The van der Waals surface area contributed by atoms with Crippen LogP contribution in [0.5, 0.6) is 0 Å². The number of pyridine rings is 2. The maximum absolute atomic E-state index is 12.7. The smallest absolute Gasteiger partial charge is 0.275 e. The van der Waals surface area contributed by atoms with Gasteiger partial charge in [0.2, 0.25) is 0 Å². The van der Waals surface area contributed by atoms with Crippen molar-refractivity contribution in [2.75, 3.05) is 5.32 Å². The molecule has 0 aliphatic rings. The lowest BCUT2D eigenvalue weighted by atomic mass is 10.2. The first-order valence-electron chi connectivity index (χ1n) is 7.30. The van der Waals surface area contributed by atoms with Gasteiger partial charge in [0.25, 0.3) is 5.91 Å². The van der Waals surface area contributed by atoms with Crippen molar-refractivity contribution in [2.24, 2.45) is 0 Å². The zero-order valence-corrected chi connectivity index (χ0v) is 12.9. The Morgan fingerprint density at radius 1 is 1.27 bits per heavy atom. The van der Waals surface area contributed by atoms with E-state index in [4.69, 9.17) is 0 Å². The van der Waals surface area contributed by atoms with Crippen LogP contribution in [0, 0.1) is 13.8 Å². The summed E-state index contributed by atoms with van der Waals surface area (Å²) in [5.41, 5.74) is 4.28. The third-order valence-electron chi connectivity index (χ3n) is 3.62. The van der Waals surface area contributed by atoms with Crippen molar-refractivity contribution in [2.45, 2.75) is 27.2 Å². The van der Waals surface area contributed by atoms with E-state index in [9.17, 15) is 4.79 Å². The average Bonchev–Trinajstić information content (AvgIpc) is 2.89. The lowest BCUT2D eigenvalue weighted by molar-refractivity contribution is 0.102. The average molecular weight is 294 g/mol. The second kappa shape index (κ2) is 5.60. The van der Waals surface area contributed by atoms with Gasteiger partial charge in [0.15, 0.2) is 0 Å². The van der Waals surface area contributed by atoms with Gasteiger partial charge in [-0.15, -0.1) is 0 Å². The Balaban J connectivity index is 2.03. The monoisotopic (exact) mass is 294 g/mol. The first-order chi connectivity index (χ1) is 10.6. The van der Waals surface area contributed by atoms with Crippen molar-refractivity contribution in [3.05, 3.63) is 59.2 Å². The zero-order chi connectivity index (χ0) is 15.7. The highest BCUT2D eigenvalue weighted by Crippen LogP contribution is 2.18. The van der Waals surface area contributed by atoms with E-state index >= 15 is 0 Å². The van der Waals surface area contributed by atoms with Gasteiger partial charge in [-0.1, -0.05) is 19.1 Å². The second-order valence-electron chi connectivity index (χ2n) is 5.32. The van der Waals surface area contributed by atoms with Gasteiger partial charge in [-0.25, -0.2) is 9.97 Å². The van der Waals surface area contributed by atoms with E-state index in [1.165, 1.54) is 0 Å². The molecule has 0 radical (unpaired) electrons. The summed E-state index contributed by atoms with van der Waals surface area (Å²) in [6, 6.07) is 7.63. The normalized spacial score (nSPS) is 10.9. The summed E-state index contributed by atoms with van der Waals surface area (Å²) in [5, 5.41) is 2.85. The predicted octanol–water partition coefficient (Wildman–Crippen LogP) is 3.16. The first kappa shape index (κ1) is 14.3. The Morgan fingerprint density at radius 3 is 2.77 bits per heavy atom. The fourth-order valence-corrected chi connectivity index (χ4v) is 2.46. The molecule has 5 heteroatoms. The van der Waals surface area contributed by atoms with Crippen LogP contribution in [-0.2, 0) is 6.42 Å². The standard InChI is InChI=1S/C17H18N4O/c1-4-13-15(21-9-5-6-12(3)16(21)19-13)17(22)20-14-8-7-11(2)10-18-14/h5-10H,4H2,1-3H3,(H,18,20,22). The number of aryl methyl sites for hydroxylation is 3. The van der Waals surface area contributed by atoms with Crippen LogP contribution in [0.4, 0.5) is 5.82 Å². The minimum Gasteiger partial charge on any atom is -0.305 e. The van der Waals surface area contributed by atoms with Crippen LogP contribution in [0.3, 0.4) is 0 Å². The van der Waals surface area contributed by atoms with Crippen LogP contribution in [-0.4, -0.2) is 20.3 Å². The van der Waals surface area contributed by atoms with E-state index in [0.717, 1.165) is 22.5 Å². The third-order valence-corrected chi connectivity index (χ3v) is 3.62. The summed E-state index contributed by atoms with van der Waals surface area (Å²) in [4.78, 5) is 21.5. The number of imidazole rings is 1. The maximum Gasteiger partial charge on any atom is 0.275 e. The molecule has 0 spiro atoms. The Kier molecular flexibility index (Phi) is 3.63. The van der Waals surface area contributed by atoms with Crippen LogP contribution in [0.1, 0.15) is 34.2 Å². The van der Waals surface area contributed by atoms with Crippen LogP contribution < -0.4 is 5.32 Å². The fourth-order valence-electron chi connectivity index (χ4n) is 2.46. The van der Waals surface area contributed by atoms with Crippen molar-refractivity contribution < 1.29 is 4.79 Å². The van der Waals surface area contributed by atoms with Crippen LogP contribution in [0.25, 0.3) is 5.65 Å². The molecule has 0 atom stereocenters. The molecule has 5 nitrogen and oxygen atoms in total. The van der Waals surface area contributed by atoms with Gasteiger partial charge in [0.05, 0.1) is 5.69 Å². The molecule has 3 rings (SSSR count). The lowest BCUT2D eigenvalue weighted by Gasteiger charge is -2.06. The number of nitrogens with zero attached hydrogens (tertiary/aromatic N) is 3. The second-order valence-corrected chi connectivity index (χ2v) is 5.32. The van der Waals surface area contributed by atoms with E-state index in [1.807, 2.05) is 49.6 Å². The number of rotatable bonds is 3. The number of hydrogen-bond acceptors (Lipinski definition) is 3. The Morgan fingerprint density at radius 2 is 2.09 bits per heavy atom. The quantitative estimate of drug-likeness (QED) is 0.807. The van der Waals surface area contributed by atoms with Crippen molar-refractivity contribution in [1.29, 1.82) is 0 Å². The number of fused-ring (bicyclic) bond motifs is 1.